The maximum atomic E-state index is 13.3. The first-order valence-corrected chi connectivity index (χ1v) is 6.57. The van der Waals surface area contributed by atoms with E-state index < -0.39 is 23.2 Å². The smallest absolute Gasteiger partial charge is 0.251 e. The molecule has 0 bridgehead atoms. The number of nitrogens with two attached hydrogens (primary N) is 1. The Morgan fingerprint density at radius 3 is 2.24 bits per heavy atom. The third-order valence-corrected chi connectivity index (χ3v) is 3.31. The third-order valence-electron chi connectivity index (χ3n) is 3.06. The van der Waals surface area contributed by atoms with Crippen molar-refractivity contribution in [2.24, 2.45) is 0 Å². The molecule has 3 nitrogen and oxygen atoms in total. The van der Waals surface area contributed by atoms with Crippen LogP contribution in [0.4, 0.5) is 14.5 Å². The number of hydrogen-bond acceptors (Lipinski definition) is 2. The van der Waals surface area contributed by atoms with Gasteiger partial charge >= 0.3 is 0 Å². The van der Waals surface area contributed by atoms with E-state index in [1.165, 1.54) is 0 Å². The predicted molar refractivity (Wildman–Crippen MR) is 78.1 cm³/mol. The van der Waals surface area contributed by atoms with Gasteiger partial charge in [0.2, 0.25) is 0 Å². The Kier molecular flexibility index (Phi) is 4.43. The molecule has 2 aromatic carbocycles. The number of amides is 1. The van der Waals surface area contributed by atoms with Gasteiger partial charge in [0.05, 0.1) is 6.04 Å². The van der Waals surface area contributed by atoms with Crippen LogP contribution in [0.1, 0.15) is 28.9 Å². The summed E-state index contributed by atoms with van der Waals surface area (Å²) in [5.74, 6) is -2.51. The standard InChI is InChI=1S/C15H13ClF2N2O/c1-8(9-2-4-11(16)5-3-9)20-15(21)10-6-12(17)14(19)13(18)7-10/h2-8H,19H2,1H3,(H,20,21). The molecule has 3 N–H and O–H groups in total. The number of carbonyl (C=O) groups is 1. The summed E-state index contributed by atoms with van der Waals surface area (Å²) in [7, 11) is 0. The molecular formula is C15H13ClF2N2O. The van der Waals surface area contributed by atoms with Crippen LogP contribution in [-0.4, -0.2) is 5.91 Å². The number of anilines is 1. The molecule has 2 aromatic rings. The van der Waals surface area contributed by atoms with Crippen molar-refractivity contribution in [2.45, 2.75) is 13.0 Å². The topological polar surface area (TPSA) is 55.1 Å². The van der Waals surface area contributed by atoms with Crippen molar-refractivity contribution in [1.82, 2.24) is 5.32 Å². The second kappa shape index (κ2) is 6.10. The third kappa shape index (κ3) is 3.49. The summed E-state index contributed by atoms with van der Waals surface area (Å²) in [5.41, 5.74) is 5.26. The van der Waals surface area contributed by atoms with Gasteiger partial charge in [0, 0.05) is 10.6 Å². The molecule has 0 spiro atoms. The van der Waals surface area contributed by atoms with Crippen molar-refractivity contribution in [2.75, 3.05) is 5.73 Å². The summed E-state index contributed by atoms with van der Waals surface area (Å²) >= 11 is 5.79. The number of benzene rings is 2. The lowest BCUT2D eigenvalue weighted by Gasteiger charge is -2.15. The van der Waals surface area contributed by atoms with Gasteiger partial charge < -0.3 is 11.1 Å². The first-order chi connectivity index (χ1) is 9.88. The summed E-state index contributed by atoms with van der Waals surface area (Å²) in [6.07, 6.45) is 0. The van der Waals surface area contributed by atoms with Crippen LogP contribution >= 0.6 is 11.6 Å². The average molecular weight is 311 g/mol. The van der Waals surface area contributed by atoms with Gasteiger partial charge in [-0.3, -0.25) is 4.79 Å². The average Bonchev–Trinajstić information content (AvgIpc) is 2.44. The number of halogens is 3. The Bertz CT molecular complexity index is 651. The summed E-state index contributed by atoms with van der Waals surface area (Å²) in [5, 5.41) is 3.23. The van der Waals surface area contributed by atoms with Crippen LogP contribution in [0, 0.1) is 11.6 Å². The highest BCUT2D eigenvalue weighted by Gasteiger charge is 2.15. The van der Waals surface area contributed by atoms with Gasteiger partial charge in [-0.25, -0.2) is 8.78 Å². The fraction of sp³-hybridized carbons (Fsp3) is 0.133. The van der Waals surface area contributed by atoms with E-state index in [0.717, 1.165) is 17.7 Å². The summed E-state index contributed by atoms with van der Waals surface area (Å²) < 4.78 is 26.7. The fourth-order valence-electron chi connectivity index (χ4n) is 1.83. The minimum absolute atomic E-state index is 0.125. The van der Waals surface area contributed by atoms with E-state index in [-0.39, 0.29) is 11.6 Å². The SMILES string of the molecule is CC(NC(=O)c1cc(F)c(N)c(F)c1)c1ccc(Cl)cc1. The highest BCUT2D eigenvalue weighted by molar-refractivity contribution is 6.30. The molecule has 2 rings (SSSR count). The molecular weight excluding hydrogens is 298 g/mol. The molecule has 0 aliphatic rings. The molecule has 0 aliphatic heterocycles. The van der Waals surface area contributed by atoms with Crippen LogP contribution < -0.4 is 11.1 Å². The quantitative estimate of drug-likeness (QED) is 0.849. The Morgan fingerprint density at radius 1 is 1.19 bits per heavy atom. The molecule has 0 radical (unpaired) electrons. The molecule has 21 heavy (non-hydrogen) atoms. The predicted octanol–water partition coefficient (Wildman–Crippen LogP) is 3.69. The fourth-order valence-corrected chi connectivity index (χ4v) is 1.96. The highest BCUT2D eigenvalue weighted by Crippen LogP contribution is 2.19. The molecule has 0 fully saturated rings. The van der Waals surface area contributed by atoms with E-state index in [2.05, 4.69) is 5.32 Å². The second-order valence-electron chi connectivity index (χ2n) is 4.60. The van der Waals surface area contributed by atoms with Crippen molar-refractivity contribution >= 4 is 23.2 Å². The molecule has 1 unspecified atom stereocenters. The van der Waals surface area contributed by atoms with E-state index in [4.69, 9.17) is 17.3 Å². The van der Waals surface area contributed by atoms with Crippen LogP contribution in [-0.2, 0) is 0 Å². The zero-order valence-electron chi connectivity index (χ0n) is 11.2. The lowest BCUT2D eigenvalue weighted by atomic mass is 10.1. The molecule has 0 aromatic heterocycles. The van der Waals surface area contributed by atoms with Crippen LogP contribution in [0.15, 0.2) is 36.4 Å². The van der Waals surface area contributed by atoms with Gasteiger partial charge in [-0.05, 0) is 36.8 Å². The maximum absolute atomic E-state index is 13.3. The maximum Gasteiger partial charge on any atom is 0.251 e. The largest absolute Gasteiger partial charge is 0.394 e. The lowest BCUT2D eigenvalue weighted by Crippen LogP contribution is -2.27. The number of nitrogen functional groups attached to an aromatic ring is 1. The van der Waals surface area contributed by atoms with Crippen LogP contribution in [0.5, 0.6) is 0 Å². The minimum Gasteiger partial charge on any atom is -0.394 e. The Hall–Kier alpha value is -2.14. The minimum atomic E-state index is -0.959. The number of hydrogen-bond donors (Lipinski definition) is 2. The first-order valence-electron chi connectivity index (χ1n) is 6.19. The Balaban J connectivity index is 2.16. The van der Waals surface area contributed by atoms with Crippen LogP contribution in [0.3, 0.4) is 0 Å². The van der Waals surface area contributed by atoms with Gasteiger partial charge in [0.25, 0.3) is 5.91 Å². The molecule has 6 heteroatoms. The summed E-state index contributed by atoms with van der Waals surface area (Å²) in [4.78, 5) is 12.0. The second-order valence-corrected chi connectivity index (χ2v) is 5.04. The van der Waals surface area contributed by atoms with Crippen molar-refractivity contribution in [3.8, 4) is 0 Å². The molecule has 0 saturated carbocycles. The van der Waals surface area contributed by atoms with E-state index in [9.17, 15) is 13.6 Å². The summed E-state index contributed by atoms with van der Waals surface area (Å²) in [6, 6.07) is 8.39. The van der Waals surface area contributed by atoms with E-state index in [1.54, 1.807) is 31.2 Å². The van der Waals surface area contributed by atoms with Crippen molar-refractivity contribution in [3.05, 3.63) is 64.2 Å². The number of nitrogens with one attached hydrogen (secondary N) is 1. The molecule has 1 atom stereocenters. The summed E-state index contributed by atoms with van der Waals surface area (Å²) in [6.45, 7) is 1.76. The van der Waals surface area contributed by atoms with Crippen molar-refractivity contribution < 1.29 is 13.6 Å². The molecule has 110 valence electrons. The van der Waals surface area contributed by atoms with E-state index in [0.29, 0.717) is 5.02 Å². The molecule has 0 aliphatic carbocycles. The number of rotatable bonds is 3. The van der Waals surface area contributed by atoms with Crippen LogP contribution in [0.2, 0.25) is 5.02 Å². The van der Waals surface area contributed by atoms with Gasteiger partial charge in [-0.1, -0.05) is 23.7 Å². The lowest BCUT2D eigenvalue weighted by molar-refractivity contribution is 0.0939. The van der Waals surface area contributed by atoms with Gasteiger partial charge in [0.15, 0.2) is 0 Å². The monoisotopic (exact) mass is 310 g/mol. The molecule has 1 amide bonds. The Labute approximate surface area is 125 Å². The zero-order chi connectivity index (χ0) is 15.6. The zero-order valence-corrected chi connectivity index (χ0v) is 11.9. The number of carbonyl (C=O) groups excluding carboxylic acids is 1. The molecule has 0 saturated heterocycles. The van der Waals surface area contributed by atoms with Crippen LogP contribution in [0.25, 0.3) is 0 Å². The molecule has 0 heterocycles. The van der Waals surface area contributed by atoms with E-state index >= 15 is 0 Å². The Morgan fingerprint density at radius 2 is 1.71 bits per heavy atom. The van der Waals surface area contributed by atoms with Gasteiger partial charge in [-0.15, -0.1) is 0 Å². The normalized spacial score (nSPS) is 12.0. The highest BCUT2D eigenvalue weighted by atomic mass is 35.5. The van der Waals surface area contributed by atoms with E-state index in [1.807, 2.05) is 0 Å². The van der Waals surface area contributed by atoms with Crippen molar-refractivity contribution in [1.29, 1.82) is 0 Å². The first kappa shape index (κ1) is 15.3. The van der Waals surface area contributed by atoms with Crippen molar-refractivity contribution in [3.63, 3.8) is 0 Å². The van der Waals surface area contributed by atoms with Gasteiger partial charge in [0.1, 0.15) is 17.3 Å². The van der Waals surface area contributed by atoms with Gasteiger partial charge in [-0.2, -0.15) is 0 Å².